The average molecular weight is 310 g/mol. The number of hydrogen-bond acceptors (Lipinski definition) is 3. The van der Waals surface area contributed by atoms with Crippen molar-refractivity contribution < 1.29 is 26.7 Å². The molecule has 0 saturated carbocycles. The van der Waals surface area contributed by atoms with Gasteiger partial charge in [-0.2, -0.15) is 13.2 Å². The van der Waals surface area contributed by atoms with Crippen molar-refractivity contribution in [2.75, 3.05) is 33.3 Å². The number of alkyl halides is 3. The summed E-state index contributed by atoms with van der Waals surface area (Å²) < 4.78 is 72.5. The monoisotopic (exact) mass is 310 g/mol. The molecule has 1 aliphatic rings. The fourth-order valence-corrected chi connectivity index (χ4v) is 2.43. The average Bonchev–Trinajstić information content (AvgIpc) is 2.42. The van der Waals surface area contributed by atoms with Crippen LogP contribution in [0.15, 0.2) is 12.1 Å². The molecule has 0 spiro atoms. The maximum Gasteiger partial charge on any atom is 0.408 e. The normalized spacial score (nSPS) is 18.6. The first-order valence-electron chi connectivity index (χ1n) is 6.39. The van der Waals surface area contributed by atoms with Gasteiger partial charge in [-0.1, -0.05) is 0 Å². The third-order valence-corrected chi connectivity index (χ3v) is 3.39. The number of rotatable bonds is 3. The highest BCUT2D eigenvalue weighted by Crippen LogP contribution is 2.40. The summed E-state index contributed by atoms with van der Waals surface area (Å²) in [6, 6.07) is -0.774. The molecule has 1 atom stereocenters. The van der Waals surface area contributed by atoms with Crippen LogP contribution < -0.4 is 10.1 Å². The summed E-state index contributed by atoms with van der Waals surface area (Å²) >= 11 is 0. The van der Waals surface area contributed by atoms with Crippen molar-refractivity contribution in [3.63, 3.8) is 0 Å². The summed E-state index contributed by atoms with van der Waals surface area (Å²) in [5.74, 6) is -2.67. The van der Waals surface area contributed by atoms with E-state index >= 15 is 0 Å². The van der Waals surface area contributed by atoms with Gasteiger partial charge in [0.2, 0.25) is 0 Å². The van der Waals surface area contributed by atoms with E-state index in [4.69, 9.17) is 0 Å². The van der Waals surface area contributed by atoms with Crippen molar-refractivity contribution in [2.24, 2.45) is 0 Å². The van der Waals surface area contributed by atoms with Crippen LogP contribution in [0.25, 0.3) is 0 Å². The van der Waals surface area contributed by atoms with Crippen LogP contribution in [-0.2, 0) is 0 Å². The number of methoxy groups -OCH3 is 1. The van der Waals surface area contributed by atoms with Gasteiger partial charge in [0.15, 0.2) is 0 Å². The molecule has 2 rings (SSSR count). The van der Waals surface area contributed by atoms with Crippen LogP contribution in [-0.4, -0.2) is 44.4 Å². The Bertz CT molecular complexity index is 477. The van der Waals surface area contributed by atoms with Crippen LogP contribution in [0.1, 0.15) is 11.6 Å². The Morgan fingerprint density at radius 1 is 1.14 bits per heavy atom. The van der Waals surface area contributed by atoms with Crippen LogP contribution in [0, 0.1) is 11.6 Å². The van der Waals surface area contributed by atoms with Gasteiger partial charge in [0, 0.05) is 38.3 Å². The number of hydrogen-bond donors (Lipinski definition) is 1. The summed E-state index contributed by atoms with van der Waals surface area (Å²) in [6.07, 6.45) is -4.77. The SMILES string of the molecule is COc1cc(F)c([C@H](N2CCNCC2)C(F)(F)F)c(F)c1. The lowest BCUT2D eigenvalue weighted by Crippen LogP contribution is -2.49. The highest BCUT2D eigenvalue weighted by atomic mass is 19.4. The minimum absolute atomic E-state index is 0.0646. The Morgan fingerprint density at radius 2 is 1.67 bits per heavy atom. The Kier molecular flexibility index (Phi) is 4.67. The van der Waals surface area contributed by atoms with Crippen molar-refractivity contribution in [1.82, 2.24) is 10.2 Å². The van der Waals surface area contributed by atoms with Gasteiger partial charge in [0.25, 0.3) is 0 Å². The van der Waals surface area contributed by atoms with Gasteiger partial charge in [-0.15, -0.1) is 0 Å². The lowest BCUT2D eigenvalue weighted by Gasteiger charge is -2.36. The Balaban J connectivity index is 2.46. The molecular formula is C13H15F5N2O. The zero-order valence-corrected chi connectivity index (χ0v) is 11.3. The number of nitrogens with zero attached hydrogens (tertiary/aromatic N) is 1. The molecule has 1 N–H and O–H groups in total. The van der Waals surface area contributed by atoms with Gasteiger partial charge >= 0.3 is 6.18 Å². The molecule has 21 heavy (non-hydrogen) atoms. The van der Waals surface area contributed by atoms with Crippen molar-refractivity contribution in [1.29, 1.82) is 0 Å². The molecule has 3 nitrogen and oxygen atoms in total. The predicted octanol–water partition coefficient (Wildman–Crippen LogP) is 2.48. The molecule has 8 heteroatoms. The molecule has 0 aromatic heterocycles. The van der Waals surface area contributed by atoms with Gasteiger partial charge in [0.1, 0.15) is 23.4 Å². The highest BCUT2D eigenvalue weighted by molar-refractivity contribution is 5.33. The summed E-state index contributed by atoms with van der Waals surface area (Å²) in [4.78, 5) is 1.03. The molecule has 1 aromatic carbocycles. The lowest BCUT2D eigenvalue weighted by atomic mass is 10.0. The predicted molar refractivity (Wildman–Crippen MR) is 66.1 cm³/mol. The van der Waals surface area contributed by atoms with Gasteiger partial charge in [-0.3, -0.25) is 4.90 Å². The van der Waals surface area contributed by atoms with Crippen LogP contribution in [0.2, 0.25) is 0 Å². The maximum atomic E-state index is 14.0. The fraction of sp³-hybridized carbons (Fsp3) is 0.538. The minimum atomic E-state index is -4.77. The number of ether oxygens (including phenoxy) is 1. The second-order valence-corrected chi connectivity index (χ2v) is 4.73. The quantitative estimate of drug-likeness (QED) is 0.868. The van der Waals surface area contributed by atoms with Crippen molar-refractivity contribution in [2.45, 2.75) is 12.2 Å². The molecule has 1 aliphatic heterocycles. The first kappa shape index (κ1) is 16.0. The second-order valence-electron chi connectivity index (χ2n) is 4.73. The smallest absolute Gasteiger partial charge is 0.408 e. The molecule has 0 radical (unpaired) electrons. The molecule has 1 fully saturated rings. The van der Waals surface area contributed by atoms with Gasteiger partial charge in [-0.05, 0) is 0 Å². The Morgan fingerprint density at radius 3 is 2.10 bits per heavy atom. The van der Waals surface area contributed by atoms with E-state index in [0.29, 0.717) is 13.1 Å². The summed E-state index contributed by atoms with van der Waals surface area (Å²) in [6.45, 7) is 0.808. The van der Waals surface area contributed by atoms with E-state index in [1.165, 1.54) is 7.11 Å². The molecule has 118 valence electrons. The third kappa shape index (κ3) is 3.44. The molecule has 0 unspecified atom stereocenters. The number of piperazine rings is 1. The van der Waals surface area contributed by atoms with E-state index in [1.54, 1.807) is 0 Å². The maximum absolute atomic E-state index is 14.0. The number of nitrogens with one attached hydrogen (secondary N) is 1. The van der Waals surface area contributed by atoms with Gasteiger partial charge in [0.05, 0.1) is 12.7 Å². The molecule has 0 aliphatic carbocycles. The van der Waals surface area contributed by atoms with E-state index in [-0.39, 0.29) is 18.8 Å². The van der Waals surface area contributed by atoms with Crippen LogP contribution in [0.4, 0.5) is 22.0 Å². The van der Waals surface area contributed by atoms with E-state index in [9.17, 15) is 22.0 Å². The zero-order chi connectivity index (χ0) is 15.6. The van der Waals surface area contributed by atoms with Crippen LogP contribution >= 0.6 is 0 Å². The molecular weight excluding hydrogens is 295 g/mol. The molecule has 1 saturated heterocycles. The molecule has 0 bridgehead atoms. The number of halogens is 5. The first-order valence-corrected chi connectivity index (χ1v) is 6.39. The van der Waals surface area contributed by atoms with Crippen LogP contribution in [0.5, 0.6) is 5.75 Å². The largest absolute Gasteiger partial charge is 0.497 e. The van der Waals surface area contributed by atoms with Crippen molar-refractivity contribution in [3.8, 4) is 5.75 Å². The van der Waals surface area contributed by atoms with E-state index in [2.05, 4.69) is 10.1 Å². The number of benzene rings is 1. The summed E-state index contributed by atoms with van der Waals surface area (Å²) in [5, 5.41) is 2.90. The van der Waals surface area contributed by atoms with E-state index < -0.39 is 29.4 Å². The van der Waals surface area contributed by atoms with Crippen molar-refractivity contribution in [3.05, 3.63) is 29.3 Å². The zero-order valence-electron chi connectivity index (χ0n) is 11.3. The highest BCUT2D eigenvalue weighted by Gasteiger charge is 2.47. The third-order valence-electron chi connectivity index (χ3n) is 3.39. The van der Waals surface area contributed by atoms with E-state index in [1.807, 2.05) is 0 Å². The summed E-state index contributed by atoms with van der Waals surface area (Å²) in [7, 11) is 1.19. The Labute approximate surface area is 118 Å². The second kappa shape index (κ2) is 6.15. The van der Waals surface area contributed by atoms with E-state index in [0.717, 1.165) is 17.0 Å². The van der Waals surface area contributed by atoms with Gasteiger partial charge < -0.3 is 10.1 Å². The first-order chi connectivity index (χ1) is 9.84. The summed E-state index contributed by atoms with van der Waals surface area (Å²) in [5.41, 5.74) is -0.981. The standard InChI is InChI=1S/C13H15F5N2O/c1-21-8-6-9(14)11(10(15)7-8)12(13(16,17)18)20-4-2-19-3-5-20/h6-7,12,19H,2-5H2,1H3/t12-/m0/s1. The fourth-order valence-electron chi connectivity index (χ4n) is 2.43. The van der Waals surface area contributed by atoms with Gasteiger partial charge in [-0.25, -0.2) is 8.78 Å². The molecule has 0 amide bonds. The van der Waals surface area contributed by atoms with Crippen molar-refractivity contribution >= 4 is 0 Å². The minimum Gasteiger partial charge on any atom is -0.497 e. The lowest BCUT2D eigenvalue weighted by molar-refractivity contribution is -0.189. The molecule has 1 heterocycles. The Hall–Kier alpha value is -1.41. The molecule has 1 aromatic rings. The van der Waals surface area contributed by atoms with Crippen LogP contribution in [0.3, 0.4) is 0 Å². The topological polar surface area (TPSA) is 24.5 Å².